The molecule has 0 aliphatic carbocycles. The van der Waals surface area contributed by atoms with Crippen LogP contribution in [0, 0.1) is 0 Å². The lowest BCUT2D eigenvalue weighted by atomic mass is 10.3. The standard InChI is InChI=1S/C10H13N2O5PS/c1-5(2)19-9-7(12-10(11)17-9)8-6(3-4-16-8)18(13,14)15/h3-5H,1-2H3,(H2,11,12)(H2,13,14,15). The molecule has 0 saturated heterocycles. The van der Waals surface area contributed by atoms with E-state index < -0.39 is 7.60 Å². The zero-order chi connectivity index (χ0) is 14.2. The van der Waals surface area contributed by atoms with Crippen LogP contribution in [0.2, 0.25) is 0 Å². The van der Waals surface area contributed by atoms with E-state index in [4.69, 9.17) is 14.6 Å². The van der Waals surface area contributed by atoms with Gasteiger partial charge >= 0.3 is 7.60 Å². The number of nitrogens with two attached hydrogens (primary N) is 1. The van der Waals surface area contributed by atoms with Crippen molar-refractivity contribution in [3.63, 3.8) is 0 Å². The van der Waals surface area contributed by atoms with E-state index in [1.807, 2.05) is 13.8 Å². The average molecular weight is 304 g/mol. The van der Waals surface area contributed by atoms with Gasteiger partial charge in [0.25, 0.3) is 6.01 Å². The van der Waals surface area contributed by atoms with Crippen LogP contribution < -0.4 is 11.0 Å². The van der Waals surface area contributed by atoms with Gasteiger partial charge < -0.3 is 24.4 Å². The molecular formula is C10H13N2O5PS. The Morgan fingerprint density at radius 3 is 2.74 bits per heavy atom. The topological polar surface area (TPSA) is 123 Å². The summed E-state index contributed by atoms with van der Waals surface area (Å²) in [6.45, 7) is 3.89. The summed E-state index contributed by atoms with van der Waals surface area (Å²) >= 11 is 1.34. The minimum absolute atomic E-state index is 0.0167. The van der Waals surface area contributed by atoms with Crippen LogP contribution in [0.25, 0.3) is 11.5 Å². The Morgan fingerprint density at radius 2 is 2.16 bits per heavy atom. The minimum atomic E-state index is -4.44. The van der Waals surface area contributed by atoms with Gasteiger partial charge in [-0.25, -0.2) is 0 Å². The summed E-state index contributed by atoms with van der Waals surface area (Å²) in [5, 5.41) is 0.336. The first-order chi connectivity index (χ1) is 8.79. The number of rotatable bonds is 4. The van der Waals surface area contributed by atoms with Gasteiger partial charge in [-0.2, -0.15) is 4.98 Å². The number of hydrogen-bond acceptors (Lipinski definition) is 6. The second-order valence-electron chi connectivity index (χ2n) is 4.03. The fourth-order valence-corrected chi connectivity index (χ4v) is 2.96. The van der Waals surface area contributed by atoms with Crippen LogP contribution in [0.15, 0.2) is 26.3 Å². The lowest BCUT2D eigenvalue weighted by Gasteiger charge is -2.04. The van der Waals surface area contributed by atoms with Gasteiger partial charge in [0.1, 0.15) is 5.30 Å². The molecule has 19 heavy (non-hydrogen) atoms. The van der Waals surface area contributed by atoms with Gasteiger partial charge in [0, 0.05) is 5.25 Å². The predicted molar refractivity (Wildman–Crippen MR) is 71.3 cm³/mol. The maximum atomic E-state index is 11.4. The van der Waals surface area contributed by atoms with Crippen molar-refractivity contribution < 1.29 is 23.2 Å². The molecule has 0 bridgehead atoms. The number of anilines is 1. The third-order valence-electron chi connectivity index (χ3n) is 2.13. The first-order valence-corrected chi connectivity index (χ1v) is 7.85. The van der Waals surface area contributed by atoms with Gasteiger partial charge in [-0.15, -0.1) is 0 Å². The molecule has 2 heterocycles. The molecule has 0 unspecified atom stereocenters. The summed E-state index contributed by atoms with van der Waals surface area (Å²) in [6.07, 6.45) is 1.19. The second-order valence-corrected chi connectivity index (χ2v) is 7.15. The van der Waals surface area contributed by atoms with Crippen LogP contribution in [-0.4, -0.2) is 20.0 Å². The molecule has 0 radical (unpaired) electrons. The minimum Gasteiger partial charge on any atom is -0.462 e. The van der Waals surface area contributed by atoms with Crippen LogP contribution in [0.3, 0.4) is 0 Å². The molecule has 7 nitrogen and oxygen atoms in total. The van der Waals surface area contributed by atoms with Gasteiger partial charge in [0.05, 0.1) is 6.26 Å². The van der Waals surface area contributed by atoms with E-state index in [1.54, 1.807) is 0 Å². The largest absolute Gasteiger partial charge is 0.462 e. The van der Waals surface area contributed by atoms with E-state index in [1.165, 1.54) is 24.1 Å². The number of nitrogens with zero attached hydrogens (tertiary/aromatic N) is 1. The lowest BCUT2D eigenvalue weighted by molar-refractivity contribution is 0.387. The predicted octanol–water partition coefficient (Wildman–Crippen LogP) is 1.82. The lowest BCUT2D eigenvalue weighted by Crippen LogP contribution is -2.04. The van der Waals surface area contributed by atoms with E-state index in [0.29, 0.717) is 5.09 Å². The molecule has 9 heteroatoms. The smallest absolute Gasteiger partial charge is 0.360 e. The maximum absolute atomic E-state index is 11.4. The van der Waals surface area contributed by atoms with Crippen LogP contribution in [0.5, 0.6) is 0 Å². The molecule has 2 rings (SSSR count). The van der Waals surface area contributed by atoms with E-state index >= 15 is 0 Å². The van der Waals surface area contributed by atoms with Crippen molar-refractivity contribution in [3.05, 3.63) is 12.3 Å². The van der Waals surface area contributed by atoms with Crippen LogP contribution in [0.4, 0.5) is 6.01 Å². The zero-order valence-electron chi connectivity index (χ0n) is 10.2. The van der Waals surface area contributed by atoms with E-state index in [9.17, 15) is 14.4 Å². The summed E-state index contributed by atoms with van der Waals surface area (Å²) in [7, 11) is -4.44. The van der Waals surface area contributed by atoms with E-state index in [-0.39, 0.29) is 28.0 Å². The van der Waals surface area contributed by atoms with Crippen molar-refractivity contribution in [1.29, 1.82) is 0 Å². The first-order valence-electron chi connectivity index (χ1n) is 5.36. The fraction of sp³-hybridized carbons (Fsp3) is 0.300. The summed E-state index contributed by atoms with van der Waals surface area (Å²) in [5.74, 6) is -0.0167. The average Bonchev–Trinajstić information content (AvgIpc) is 2.82. The summed E-state index contributed by atoms with van der Waals surface area (Å²) in [6, 6.07) is 1.14. The molecule has 4 N–H and O–H groups in total. The molecule has 104 valence electrons. The third kappa shape index (κ3) is 3.03. The summed E-state index contributed by atoms with van der Waals surface area (Å²) in [5.41, 5.74) is 5.70. The molecule has 0 aromatic carbocycles. The Kier molecular flexibility index (Phi) is 3.78. The number of oxazole rings is 1. The normalized spacial score (nSPS) is 12.3. The van der Waals surface area contributed by atoms with Crippen molar-refractivity contribution in [2.45, 2.75) is 24.2 Å². The molecule has 0 spiro atoms. The Labute approximate surface area is 113 Å². The van der Waals surface area contributed by atoms with Crippen molar-refractivity contribution in [2.75, 3.05) is 5.73 Å². The van der Waals surface area contributed by atoms with Crippen LogP contribution >= 0.6 is 19.4 Å². The second kappa shape index (κ2) is 5.05. The highest BCUT2D eigenvalue weighted by Crippen LogP contribution is 2.41. The molecule has 0 aliphatic rings. The van der Waals surface area contributed by atoms with Gasteiger partial charge in [0.15, 0.2) is 16.5 Å². The van der Waals surface area contributed by atoms with E-state index in [0.717, 1.165) is 0 Å². The maximum Gasteiger partial charge on any atom is 0.360 e. The zero-order valence-corrected chi connectivity index (χ0v) is 11.9. The Bertz CT molecular complexity index is 630. The van der Waals surface area contributed by atoms with Crippen molar-refractivity contribution in [2.24, 2.45) is 0 Å². The Balaban J connectivity index is 2.54. The van der Waals surface area contributed by atoms with E-state index in [2.05, 4.69) is 4.98 Å². The highest BCUT2D eigenvalue weighted by atomic mass is 32.2. The molecule has 2 aromatic rings. The van der Waals surface area contributed by atoms with Gasteiger partial charge in [0.2, 0.25) is 0 Å². The highest BCUT2D eigenvalue weighted by molar-refractivity contribution is 7.99. The quantitative estimate of drug-likeness (QED) is 0.577. The van der Waals surface area contributed by atoms with Gasteiger partial charge in [-0.3, -0.25) is 4.57 Å². The number of nitrogen functional groups attached to an aromatic ring is 1. The Hall–Kier alpha value is -1.21. The van der Waals surface area contributed by atoms with Gasteiger partial charge in [-0.1, -0.05) is 25.6 Å². The SMILES string of the molecule is CC(C)Sc1oc(N)nc1-c1occc1P(=O)(O)O. The number of aromatic nitrogens is 1. The molecule has 0 fully saturated rings. The number of hydrogen-bond donors (Lipinski definition) is 3. The third-order valence-corrected chi connectivity index (χ3v) is 4.07. The van der Waals surface area contributed by atoms with Gasteiger partial charge in [-0.05, 0) is 6.07 Å². The molecule has 0 atom stereocenters. The molecule has 0 saturated carbocycles. The van der Waals surface area contributed by atoms with Crippen molar-refractivity contribution in [1.82, 2.24) is 4.98 Å². The monoisotopic (exact) mass is 304 g/mol. The fourth-order valence-electron chi connectivity index (χ4n) is 1.47. The summed E-state index contributed by atoms with van der Waals surface area (Å²) < 4.78 is 21.7. The van der Waals surface area contributed by atoms with Crippen molar-refractivity contribution in [3.8, 4) is 11.5 Å². The highest BCUT2D eigenvalue weighted by Gasteiger charge is 2.29. The molecular weight excluding hydrogens is 291 g/mol. The molecule has 0 aliphatic heterocycles. The Morgan fingerprint density at radius 1 is 1.47 bits per heavy atom. The number of thioether (sulfide) groups is 1. The number of furan rings is 1. The van der Waals surface area contributed by atoms with Crippen LogP contribution in [-0.2, 0) is 4.57 Å². The molecule has 0 amide bonds. The molecule has 2 aromatic heterocycles. The van der Waals surface area contributed by atoms with Crippen LogP contribution in [0.1, 0.15) is 13.8 Å². The summed E-state index contributed by atoms with van der Waals surface area (Å²) in [4.78, 5) is 22.4. The van der Waals surface area contributed by atoms with Crippen molar-refractivity contribution >= 4 is 30.7 Å². The first kappa shape index (κ1) is 14.2.